The smallest absolute Gasteiger partial charge is 0.0999 e. The van der Waals surface area contributed by atoms with Gasteiger partial charge in [0, 0.05) is 30.1 Å². The zero-order valence-corrected chi connectivity index (χ0v) is 17.4. The summed E-state index contributed by atoms with van der Waals surface area (Å²) in [6.07, 6.45) is 15.7. The third kappa shape index (κ3) is 3.21. The molecule has 30 heavy (non-hydrogen) atoms. The molecule has 1 N–H and O–H groups in total. The van der Waals surface area contributed by atoms with Crippen LogP contribution in [0.5, 0.6) is 0 Å². The molecule has 4 heterocycles. The molecule has 8 nitrogen and oxygen atoms in total. The van der Waals surface area contributed by atoms with Crippen LogP contribution in [0.1, 0.15) is 51.6 Å². The molecular weight excluding hydrogens is 378 g/mol. The molecule has 1 aliphatic carbocycles. The van der Waals surface area contributed by atoms with Gasteiger partial charge in [0.25, 0.3) is 0 Å². The fraction of sp³-hybridized carbons (Fsp3) is 0.455. The van der Waals surface area contributed by atoms with Crippen molar-refractivity contribution < 1.29 is 5.11 Å². The van der Waals surface area contributed by atoms with Crippen molar-refractivity contribution in [2.45, 2.75) is 51.6 Å². The number of aromatic nitrogens is 7. The standard InChI is InChI=1S/C22H27N7O/c1-3-18(4-2)27-12-17(10-25-27)22-21-5-6-23-29(21)13-20(26-22)16-9-24-28(11-16)19-7-15(8-19)14-30/h5-6,9-13,15,18-19,30H,3-4,7-8,14H2,1-2H3/t15-,19+. The molecule has 8 heteroatoms. The van der Waals surface area contributed by atoms with E-state index in [1.165, 1.54) is 0 Å². The molecule has 4 aromatic rings. The number of aliphatic hydroxyl groups excluding tert-OH is 1. The van der Waals surface area contributed by atoms with Crippen LogP contribution in [0.2, 0.25) is 0 Å². The summed E-state index contributed by atoms with van der Waals surface area (Å²) >= 11 is 0. The lowest BCUT2D eigenvalue weighted by Crippen LogP contribution is -2.29. The van der Waals surface area contributed by atoms with Gasteiger partial charge in [0.2, 0.25) is 0 Å². The Morgan fingerprint density at radius 2 is 1.83 bits per heavy atom. The molecule has 0 atom stereocenters. The maximum atomic E-state index is 9.26. The van der Waals surface area contributed by atoms with Crippen molar-refractivity contribution in [2.75, 3.05) is 6.61 Å². The van der Waals surface area contributed by atoms with Crippen LogP contribution >= 0.6 is 0 Å². The number of aliphatic hydroxyl groups is 1. The lowest BCUT2D eigenvalue weighted by Gasteiger charge is -2.33. The number of hydrogen-bond acceptors (Lipinski definition) is 5. The average molecular weight is 406 g/mol. The largest absolute Gasteiger partial charge is 0.396 e. The summed E-state index contributed by atoms with van der Waals surface area (Å²) in [5.74, 6) is 0.402. The Morgan fingerprint density at radius 3 is 2.60 bits per heavy atom. The highest BCUT2D eigenvalue weighted by Gasteiger charge is 2.30. The third-order valence-electron chi connectivity index (χ3n) is 6.32. The molecule has 0 bridgehead atoms. The van der Waals surface area contributed by atoms with Gasteiger partial charge in [-0.05, 0) is 37.7 Å². The molecule has 0 unspecified atom stereocenters. The summed E-state index contributed by atoms with van der Waals surface area (Å²) in [4.78, 5) is 4.98. The number of hydrogen-bond donors (Lipinski definition) is 1. The number of rotatable bonds is 7. The minimum absolute atomic E-state index is 0.260. The highest BCUT2D eigenvalue weighted by molar-refractivity contribution is 5.78. The van der Waals surface area contributed by atoms with E-state index < -0.39 is 0 Å². The minimum Gasteiger partial charge on any atom is -0.396 e. The molecule has 0 aliphatic heterocycles. The van der Waals surface area contributed by atoms with Gasteiger partial charge in [-0.3, -0.25) is 9.36 Å². The second kappa shape index (κ2) is 7.68. The summed E-state index contributed by atoms with van der Waals surface area (Å²) < 4.78 is 5.92. The molecule has 0 spiro atoms. The normalized spacial score (nSPS) is 18.9. The molecule has 1 aliphatic rings. The topological polar surface area (TPSA) is 86.1 Å². The van der Waals surface area contributed by atoms with E-state index in [-0.39, 0.29) is 6.61 Å². The monoisotopic (exact) mass is 405 g/mol. The molecule has 1 fully saturated rings. The number of fused-ring (bicyclic) bond motifs is 1. The van der Waals surface area contributed by atoms with E-state index in [1.807, 2.05) is 44.7 Å². The maximum Gasteiger partial charge on any atom is 0.0999 e. The van der Waals surface area contributed by atoms with Crippen LogP contribution in [0.15, 0.2) is 43.2 Å². The van der Waals surface area contributed by atoms with Gasteiger partial charge in [-0.15, -0.1) is 0 Å². The Balaban J connectivity index is 1.51. The van der Waals surface area contributed by atoms with E-state index in [9.17, 15) is 5.11 Å². The van der Waals surface area contributed by atoms with E-state index in [0.29, 0.717) is 18.0 Å². The van der Waals surface area contributed by atoms with Crippen molar-refractivity contribution in [1.29, 1.82) is 0 Å². The van der Waals surface area contributed by atoms with Crippen molar-refractivity contribution in [2.24, 2.45) is 5.92 Å². The van der Waals surface area contributed by atoms with Crippen LogP contribution in [0.3, 0.4) is 0 Å². The SMILES string of the molecule is CCC(CC)n1cc(-c2nc(-c3cnn([C@H]4C[C@@H](CO)C4)c3)cn3nccc23)cn1. The van der Waals surface area contributed by atoms with E-state index in [4.69, 9.17) is 4.98 Å². The highest BCUT2D eigenvalue weighted by atomic mass is 16.3. The van der Waals surface area contributed by atoms with E-state index >= 15 is 0 Å². The second-order valence-electron chi connectivity index (χ2n) is 8.20. The first kappa shape index (κ1) is 19.0. The van der Waals surface area contributed by atoms with Gasteiger partial charge in [-0.2, -0.15) is 15.3 Å². The van der Waals surface area contributed by atoms with Crippen LogP contribution in [0, 0.1) is 5.92 Å². The van der Waals surface area contributed by atoms with Gasteiger partial charge >= 0.3 is 0 Å². The molecule has 5 rings (SSSR count). The van der Waals surface area contributed by atoms with Gasteiger partial charge < -0.3 is 5.11 Å². The predicted molar refractivity (Wildman–Crippen MR) is 114 cm³/mol. The minimum atomic E-state index is 0.260. The second-order valence-corrected chi connectivity index (χ2v) is 8.20. The van der Waals surface area contributed by atoms with Crippen LogP contribution in [0.4, 0.5) is 0 Å². The van der Waals surface area contributed by atoms with Crippen molar-refractivity contribution in [3.05, 3.63) is 43.2 Å². The van der Waals surface area contributed by atoms with Gasteiger partial charge in [0.15, 0.2) is 0 Å². The molecule has 0 radical (unpaired) electrons. The van der Waals surface area contributed by atoms with E-state index in [0.717, 1.165) is 53.7 Å². The van der Waals surface area contributed by atoms with Gasteiger partial charge in [0.05, 0.1) is 53.8 Å². The summed E-state index contributed by atoms with van der Waals surface area (Å²) in [6.45, 7) is 4.63. The fourth-order valence-corrected chi connectivity index (χ4v) is 4.34. The number of nitrogens with zero attached hydrogens (tertiary/aromatic N) is 7. The summed E-state index contributed by atoms with van der Waals surface area (Å²) in [5.41, 5.74) is 4.62. The van der Waals surface area contributed by atoms with Crippen molar-refractivity contribution in [3.8, 4) is 22.5 Å². The lowest BCUT2D eigenvalue weighted by atomic mass is 9.81. The van der Waals surface area contributed by atoms with Gasteiger partial charge in [-0.25, -0.2) is 9.50 Å². The quantitative estimate of drug-likeness (QED) is 0.506. The Morgan fingerprint density at radius 1 is 1.03 bits per heavy atom. The molecule has 4 aromatic heterocycles. The fourth-order valence-electron chi connectivity index (χ4n) is 4.34. The zero-order chi connectivity index (χ0) is 20.7. The first-order valence-corrected chi connectivity index (χ1v) is 10.7. The zero-order valence-electron chi connectivity index (χ0n) is 17.4. The van der Waals surface area contributed by atoms with Crippen molar-refractivity contribution in [3.63, 3.8) is 0 Å². The summed E-state index contributed by atoms with van der Waals surface area (Å²) in [6, 6.07) is 2.74. The summed E-state index contributed by atoms with van der Waals surface area (Å²) in [7, 11) is 0. The first-order valence-electron chi connectivity index (χ1n) is 10.7. The van der Waals surface area contributed by atoms with Gasteiger partial charge in [0.1, 0.15) is 0 Å². The Bertz CT molecular complexity index is 1150. The van der Waals surface area contributed by atoms with Crippen LogP contribution in [-0.4, -0.2) is 45.9 Å². The van der Waals surface area contributed by atoms with Gasteiger partial charge in [-0.1, -0.05) is 13.8 Å². The Kier molecular flexibility index (Phi) is 4.86. The summed E-state index contributed by atoms with van der Waals surface area (Å²) in [5, 5.41) is 22.9. The van der Waals surface area contributed by atoms with Crippen LogP contribution < -0.4 is 0 Å². The van der Waals surface area contributed by atoms with Crippen molar-refractivity contribution >= 4 is 5.52 Å². The van der Waals surface area contributed by atoms with Crippen LogP contribution in [0.25, 0.3) is 28.0 Å². The molecular formula is C22H27N7O. The Hall–Kier alpha value is -3.00. The predicted octanol–water partition coefficient (Wildman–Crippen LogP) is 3.76. The Labute approximate surface area is 175 Å². The highest BCUT2D eigenvalue weighted by Crippen LogP contribution is 2.37. The van der Waals surface area contributed by atoms with E-state index in [2.05, 4.69) is 35.3 Å². The molecule has 0 saturated heterocycles. The van der Waals surface area contributed by atoms with Crippen molar-refractivity contribution in [1.82, 2.24) is 34.2 Å². The van der Waals surface area contributed by atoms with Crippen LogP contribution in [-0.2, 0) is 0 Å². The molecule has 1 saturated carbocycles. The third-order valence-corrected chi connectivity index (χ3v) is 6.32. The lowest BCUT2D eigenvalue weighted by molar-refractivity contribution is 0.105. The van der Waals surface area contributed by atoms with E-state index in [1.54, 1.807) is 6.20 Å². The average Bonchev–Trinajstić information content (AvgIpc) is 3.48. The molecule has 0 amide bonds. The molecule has 0 aromatic carbocycles. The first-order chi connectivity index (χ1) is 14.7. The molecule has 156 valence electrons. The maximum absolute atomic E-state index is 9.26.